The van der Waals surface area contributed by atoms with E-state index in [0.717, 1.165) is 24.1 Å². The van der Waals surface area contributed by atoms with Gasteiger partial charge in [0, 0.05) is 36.2 Å². The number of amides is 1. The predicted molar refractivity (Wildman–Crippen MR) is 94.0 cm³/mol. The molecular formula is C18H18ClN3O2. The van der Waals surface area contributed by atoms with Crippen molar-refractivity contribution in [3.63, 3.8) is 0 Å². The molecule has 124 valence electrons. The van der Waals surface area contributed by atoms with Crippen molar-refractivity contribution in [1.82, 2.24) is 14.9 Å². The van der Waals surface area contributed by atoms with E-state index in [1.54, 1.807) is 24.5 Å². The zero-order valence-electron chi connectivity index (χ0n) is 13.1. The molecule has 1 N–H and O–H groups in total. The third kappa shape index (κ3) is 4.32. The summed E-state index contributed by atoms with van der Waals surface area (Å²) < 4.78 is 1.50. The largest absolute Gasteiger partial charge is 0.351 e. The van der Waals surface area contributed by atoms with Gasteiger partial charge >= 0.3 is 0 Å². The number of nitrogens with one attached hydrogen (secondary N) is 1. The molecular weight excluding hydrogens is 326 g/mol. The molecule has 3 rings (SSSR count). The van der Waals surface area contributed by atoms with Crippen molar-refractivity contribution in [2.24, 2.45) is 0 Å². The van der Waals surface area contributed by atoms with Crippen molar-refractivity contribution in [3.8, 4) is 0 Å². The van der Waals surface area contributed by atoms with Crippen LogP contribution in [0, 0.1) is 0 Å². The van der Waals surface area contributed by atoms with Crippen LogP contribution in [0.3, 0.4) is 0 Å². The second-order valence-corrected chi connectivity index (χ2v) is 6.17. The molecule has 0 aliphatic heterocycles. The molecule has 0 bridgehead atoms. The van der Waals surface area contributed by atoms with Gasteiger partial charge in [-0.15, -0.1) is 0 Å². The fourth-order valence-electron chi connectivity index (χ4n) is 2.34. The maximum Gasteiger partial charge on any atom is 0.253 e. The van der Waals surface area contributed by atoms with Gasteiger partial charge in [-0.1, -0.05) is 29.8 Å². The normalized spacial score (nSPS) is 14.0. The van der Waals surface area contributed by atoms with Gasteiger partial charge in [-0.05, 0) is 30.5 Å². The maximum absolute atomic E-state index is 12.0. The molecule has 0 spiro atoms. The standard InChI is InChI=1S/C18H18ClN3O2/c19-15-4-2-1-3-13(15)7-8-17(23)20-9-10-22-12-21-16(11-18(22)24)14-5-6-14/h1-4,7-8,11-12,14H,5-6,9-10H2,(H,20,23)/b8-7+. The van der Waals surface area contributed by atoms with Crippen molar-refractivity contribution in [2.75, 3.05) is 6.54 Å². The summed E-state index contributed by atoms with van der Waals surface area (Å²) in [5.74, 6) is 0.229. The van der Waals surface area contributed by atoms with Crippen molar-refractivity contribution < 1.29 is 4.79 Å². The molecule has 0 unspecified atom stereocenters. The van der Waals surface area contributed by atoms with E-state index in [1.165, 1.54) is 10.6 Å². The average molecular weight is 344 g/mol. The number of hydrogen-bond donors (Lipinski definition) is 1. The van der Waals surface area contributed by atoms with Gasteiger partial charge in [0.05, 0.1) is 12.0 Å². The fraction of sp³-hybridized carbons (Fsp3) is 0.278. The monoisotopic (exact) mass is 343 g/mol. The molecule has 1 heterocycles. The second kappa shape index (κ2) is 7.45. The number of halogens is 1. The Labute approximate surface area is 145 Å². The number of benzene rings is 1. The first-order valence-corrected chi connectivity index (χ1v) is 8.28. The highest BCUT2D eigenvalue weighted by molar-refractivity contribution is 6.32. The Morgan fingerprint density at radius 1 is 1.38 bits per heavy atom. The Kier molecular flexibility index (Phi) is 5.11. The van der Waals surface area contributed by atoms with E-state index in [1.807, 2.05) is 18.2 Å². The van der Waals surface area contributed by atoms with Gasteiger partial charge in [-0.25, -0.2) is 4.98 Å². The lowest BCUT2D eigenvalue weighted by molar-refractivity contribution is -0.116. The second-order valence-electron chi connectivity index (χ2n) is 5.77. The van der Waals surface area contributed by atoms with Crippen molar-refractivity contribution >= 4 is 23.6 Å². The van der Waals surface area contributed by atoms with Crippen LogP contribution in [-0.4, -0.2) is 22.0 Å². The van der Waals surface area contributed by atoms with Crippen LogP contribution in [0.15, 0.2) is 47.5 Å². The highest BCUT2D eigenvalue weighted by atomic mass is 35.5. The van der Waals surface area contributed by atoms with Crippen LogP contribution in [0.2, 0.25) is 5.02 Å². The van der Waals surface area contributed by atoms with Crippen molar-refractivity contribution in [3.05, 3.63) is 69.4 Å². The summed E-state index contributed by atoms with van der Waals surface area (Å²) in [7, 11) is 0. The zero-order chi connectivity index (χ0) is 16.9. The number of carbonyl (C=O) groups excluding carboxylic acids is 1. The molecule has 1 fully saturated rings. The van der Waals surface area contributed by atoms with Gasteiger partial charge in [0.2, 0.25) is 5.91 Å². The van der Waals surface area contributed by atoms with Crippen LogP contribution >= 0.6 is 11.6 Å². The molecule has 5 nitrogen and oxygen atoms in total. The molecule has 1 amide bonds. The molecule has 24 heavy (non-hydrogen) atoms. The molecule has 1 aromatic carbocycles. The summed E-state index contributed by atoms with van der Waals surface area (Å²) in [6.45, 7) is 0.749. The third-order valence-electron chi connectivity index (χ3n) is 3.87. The van der Waals surface area contributed by atoms with Gasteiger partial charge in [0.25, 0.3) is 5.56 Å². The van der Waals surface area contributed by atoms with Crippen LogP contribution in [0.25, 0.3) is 6.08 Å². The van der Waals surface area contributed by atoms with Gasteiger partial charge in [-0.3, -0.25) is 14.2 Å². The Balaban J connectivity index is 1.50. The SMILES string of the molecule is O=C(/C=C/c1ccccc1Cl)NCCn1cnc(C2CC2)cc1=O. The number of nitrogens with zero attached hydrogens (tertiary/aromatic N) is 2. The molecule has 6 heteroatoms. The molecule has 1 aliphatic rings. The molecule has 0 atom stereocenters. The maximum atomic E-state index is 12.0. The first-order valence-electron chi connectivity index (χ1n) is 7.90. The van der Waals surface area contributed by atoms with Gasteiger partial charge in [-0.2, -0.15) is 0 Å². The number of aromatic nitrogens is 2. The zero-order valence-corrected chi connectivity index (χ0v) is 13.9. The minimum Gasteiger partial charge on any atom is -0.351 e. The average Bonchev–Trinajstić information content (AvgIpc) is 3.40. The summed E-state index contributed by atoms with van der Waals surface area (Å²) >= 11 is 6.02. The smallest absolute Gasteiger partial charge is 0.253 e. The van der Waals surface area contributed by atoms with Gasteiger partial charge in [0.15, 0.2) is 0 Å². The Bertz CT molecular complexity index is 825. The quantitative estimate of drug-likeness (QED) is 0.820. The minimum absolute atomic E-state index is 0.0761. The summed E-state index contributed by atoms with van der Waals surface area (Å²) in [6.07, 6.45) is 6.88. The first kappa shape index (κ1) is 16.5. The highest BCUT2D eigenvalue weighted by Gasteiger charge is 2.25. The summed E-state index contributed by atoms with van der Waals surface area (Å²) in [6, 6.07) is 8.88. The molecule has 0 radical (unpaired) electrons. The van der Waals surface area contributed by atoms with Crippen LogP contribution in [0.5, 0.6) is 0 Å². The lowest BCUT2D eigenvalue weighted by Gasteiger charge is -2.06. The lowest BCUT2D eigenvalue weighted by Crippen LogP contribution is -2.30. The Hall–Kier alpha value is -2.40. The first-order chi connectivity index (χ1) is 11.6. The summed E-state index contributed by atoms with van der Waals surface area (Å²) in [5.41, 5.74) is 1.58. The lowest BCUT2D eigenvalue weighted by atomic mass is 10.2. The number of carbonyl (C=O) groups is 1. The van der Waals surface area contributed by atoms with E-state index in [9.17, 15) is 9.59 Å². The van der Waals surface area contributed by atoms with E-state index < -0.39 is 0 Å². The van der Waals surface area contributed by atoms with Crippen LogP contribution in [0.4, 0.5) is 0 Å². The number of rotatable bonds is 6. The van der Waals surface area contributed by atoms with Crippen LogP contribution in [-0.2, 0) is 11.3 Å². The van der Waals surface area contributed by atoms with Gasteiger partial charge < -0.3 is 5.32 Å². The van der Waals surface area contributed by atoms with E-state index in [2.05, 4.69) is 10.3 Å². The van der Waals surface area contributed by atoms with E-state index >= 15 is 0 Å². The van der Waals surface area contributed by atoms with Crippen LogP contribution in [0.1, 0.15) is 30.0 Å². The van der Waals surface area contributed by atoms with Crippen LogP contribution < -0.4 is 10.9 Å². The Morgan fingerprint density at radius 2 is 2.17 bits per heavy atom. The van der Waals surface area contributed by atoms with Gasteiger partial charge in [0.1, 0.15) is 0 Å². The molecule has 2 aromatic rings. The third-order valence-corrected chi connectivity index (χ3v) is 4.21. The molecule has 1 aromatic heterocycles. The van der Waals surface area contributed by atoms with E-state index in [0.29, 0.717) is 24.0 Å². The topological polar surface area (TPSA) is 64.0 Å². The molecule has 0 saturated heterocycles. The van der Waals surface area contributed by atoms with Crippen molar-refractivity contribution in [1.29, 1.82) is 0 Å². The predicted octanol–water partition coefficient (Wildman–Crippen LogP) is 2.60. The van der Waals surface area contributed by atoms with Crippen molar-refractivity contribution in [2.45, 2.75) is 25.3 Å². The minimum atomic E-state index is -0.231. The molecule has 1 aliphatic carbocycles. The van der Waals surface area contributed by atoms with E-state index in [4.69, 9.17) is 11.6 Å². The van der Waals surface area contributed by atoms with E-state index in [-0.39, 0.29) is 11.5 Å². The fourth-order valence-corrected chi connectivity index (χ4v) is 2.54. The summed E-state index contributed by atoms with van der Waals surface area (Å²) in [5, 5.41) is 3.33. The highest BCUT2D eigenvalue weighted by Crippen LogP contribution is 2.38. The summed E-state index contributed by atoms with van der Waals surface area (Å²) in [4.78, 5) is 28.1. The Morgan fingerprint density at radius 3 is 2.88 bits per heavy atom. The molecule has 1 saturated carbocycles. The number of hydrogen-bond acceptors (Lipinski definition) is 3.